The van der Waals surface area contributed by atoms with Crippen LogP contribution in [0.1, 0.15) is 43.7 Å². The number of nitrogens with one attached hydrogen (secondary N) is 1. The maximum atomic E-state index is 6.02. The average Bonchev–Trinajstić information content (AvgIpc) is 2.44. The lowest BCUT2D eigenvalue weighted by Gasteiger charge is -2.45. The minimum absolute atomic E-state index is 0.208. The monoisotopic (exact) mass is 310 g/mol. The molecule has 1 aromatic heterocycles. The Bertz CT molecular complexity index is 503. The van der Waals surface area contributed by atoms with Gasteiger partial charge in [0.25, 0.3) is 0 Å². The fourth-order valence-corrected chi connectivity index (χ4v) is 3.53. The lowest BCUT2D eigenvalue weighted by molar-refractivity contribution is 0.0881. The van der Waals surface area contributed by atoms with E-state index in [-0.39, 0.29) is 5.54 Å². The van der Waals surface area contributed by atoms with Gasteiger partial charge in [0.05, 0.1) is 0 Å². The van der Waals surface area contributed by atoms with Crippen LogP contribution in [-0.4, -0.2) is 41.3 Å². The van der Waals surface area contributed by atoms with Crippen LogP contribution >= 0.6 is 11.6 Å². The molecule has 1 heterocycles. The van der Waals surface area contributed by atoms with Gasteiger partial charge in [0.1, 0.15) is 0 Å². The van der Waals surface area contributed by atoms with Crippen molar-refractivity contribution in [2.45, 2.75) is 52.0 Å². The lowest BCUT2D eigenvalue weighted by atomic mass is 9.75. The number of hydrogen-bond acceptors (Lipinski definition) is 4. The number of hydrogen-bond donors (Lipinski definition) is 1. The summed E-state index contributed by atoms with van der Waals surface area (Å²) in [6, 6.07) is 0. The number of halogens is 1. The maximum absolute atomic E-state index is 6.02. The molecule has 2 rings (SSSR count). The molecule has 0 aromatic carbocycles. The van der Waals surface area contributed by atoms with Gasteiger partial charge in [-0.2, -0.15) is 0 Å². The standard InChI is InChI=1S/C16H27ClN4/c1-11-7-6-8-16(9-11,21(4)5)10-18-15-13(3)12(2)14(17)19-20-15/h11H,6-10H2,1-5H3,(H,18,20). The van der Waals surface area contributed by atoms with Crippen molar-refractivity contribution in [3.05, 3.63) is 16.3 Å². The first-order valence-electron chi connectivity index (χ1n) is 7.76. The molecule has 5 heteroatoms. The minimum atomic E-state index is 0.208. The molecule has 1 aliphatic carbocycles. The van der Waals surface area contributed by atoms with Crippen molar-refractivity contribution >= 4 is 17.4 Å². The molecule has 0 amide bonds. The second kappa shape index (κ2) is 6.49. The molecular formula is C16H27ClN4. The second-order valence-corrected chi connectivity index (χ2v) is 7.12. The van der Waals surface area contributed by atoms with E-state index >= 15 is 0 Å². The highest BCUT2D eigenvalue weighted by atomic mass is 35.5. The van der Waals surface area contributed by atoms with Crippen molar-refractivity contribution in [3.63, 3.8) is 0 Å². The molecule has 0 radical (unpaired) electrons. The topological polar surface area (TPSA) is 41.1 Å². The van der Waals surface area contributed by atoms with E-state index < -0.39 is 0 Å². The molecule has 1 aromatic rings. The first-order chi connectivity index (χ1) is 9.85. The smallest absolute Gasteiger partial charge is 0.155 e. The van der Waals surface area contributed by atoms with Crippen molar-refractivity contribution in [3.8, 4) is 0 Å². The zero-order chi connectivity index (χ0) is 15.6. The second-order valence-electron chi connectivity index (χ2n) is 6.76. The fraction of sp³-hybridized carbons (Fsp3) is 0.750. The van der Waals surface area contributed by atoms with E-state index in [0.29, 0.717) is 5.15 Å². The highest BCUT2D eigenvalue weighted by Gasteiger charge is 2.36. The molecular weight excluding hydrogens is 284 g/mol. The SMILES string of the molecule is Cc1c(Cl)nnc(NCC2(N(C)C)CCCC(C)C2)c1C. The zero-order valence-corrected chi connectivity index (χ0v) is 14.6. The molecule has 0 bridgehead atoms. The normalized spacial score (nSPS) is 26.1. The van der Waals surface area contributed by atoms with E-state index in [4.69, 9.17) is 11.6 Å². The number of aromatic nitrogens is 2. The predicted octanol–water partition coefficient (Wildman–Crippen LogP) is 3.67. The summed E-state index contributed by atoms with van der Waals surface area (Å²) in [7, 11) is 4.37. The Morgan fingerprint density at radius 1 is 1.29 bits per heavy atom. The average molecular weight is 311 g/mol. The highest BCUT2D eigenvalue weighted by molar-refractivity contribution is 6.30. The Labute approximate surface area is 133 Å². The summed E-state index contributed by atoms with van der Waals surface area (Å²) in [6.07, 6.45) is 5.10. The summed E-state index contributed by atoms with van der Waals surface area (Å²) in [6.45, 7) is 7.29. The Balaban J connectivity index is 2.14. The van der Waals surface area contributed by atoms with Crippen LogP contribution in [0.25, 0.3) is 0 Å². The summed E-state index contributed by atoms with van der Waals surface area (Å²) in [5, 5.41) is 12.3. The minimum Gasteiger partial charge on any atom is -0.366 e. The van der Waals surface area contributed by atoms with Crippen LogP contribution in [0, 0.1) is 19.8 Å². The van der Waals surface area contributed by atoms with Crippen molar-refractivity contribution in [2.24, 2.45) is 5.92 Å². The molecule has 118 valence electrons. The van der Waals surface area contributed by atoms with Gasteiger partial charge in [0.15, 0.2) is 11.0 Å². The first kappa shape index (κ1) is 16.5. The van der Waals surface area contributed by atoms with Gasteiger partial charge in [0, 0.05) is 12.1 Å². The van der Waals surface area contributed by atoms with Gasteiger partial charge >= 0.3 is 0 Å². The Hall–Kier alpha value is -0.870. The molecule has 0 spiro atoms. The van der Waals surface area contributed by atoms with Crippen LogP contribution in [-0.2, 0) is 0 Å². The van der Waals surface area contributed by atoms with Crippen LogP contribution < -0.4 is 5.32 Å². The van der Waals surface area contributed by atoms with Gasteiger partial charge in [-0.15, -0.1) is 10.2 Å². The predicted molar refractivity (Wildman–Crippen MR) is 89.1 cm³/mol. The summed E-state index contributed by atoms with van der Waals surface area (Å²) in [4.78, 5) is 2.38. The number of anilines is 1. The quantitative estimate of drug-likeness (QED) is 0.921. The Kier molecular flexibility index (Phi) is 5.10. The largest absolute Gasteiger partial charge is 0.366 e. The van der Waals surface area contributed by atoms with Gasteiger partial charge in [0.2, 0.25) is 0 Å². The molecule has 2 atom stereocenters. The van der Waals surface area contributed by atoms with Crippen molar-refractivity contribution in [2.75, 3.05) is 26.0 Å². The van der Waals surface area contributed by atoms with Gasteiger partial charge < -0.3 is 10.2 Å². The van der Waals surface area contributed by atoms with Gasteiger partial charge in [-0.1, -0.05) is 31.4 Å². The molecule has 2 unspecified atom stereocenters. The number of rotatable bonds is 4. The molecule has 4 nitrogen and oxygen atoms in total. The van der Waals surface area contributed by atoms with Crippen LogP contribution in [0.15, 0.2) is 0 Å². The van der Waals surface area contributed by atoms with E-state index in [9.17, 15) is 0 Å². The number of nitrogens with zero attached hydrogens (tertiary/aromatic N) is 3. The summed E-state index contributed by atoms with van der Waals surface area (Å²) < 4.78 is 0. The van der Waals surface area contributed by atoms with Gasteiger partial charge in [-0.25, -0.2) is 0 Å². The molecule has 0 saturated heterocycles. The number of likely N-dealkylation sites (N-methyl/N-ethyl adjacent to an activating group) is 1. The maximum Gasteiger partial charge on any atom is 0.155 e. The third kappa shape index (κ3) is 3.49. The Morgan fingerprint density at radius 2 is 2.00 bits per heavy atom. The third-order valence-corrected chi connectivity index (χ3v) is 5.43. The van der Waals surface area contributed by atoms with Crippen molar-refractivity contribution in [1.82, 2.24) is 15.1 Å². The van der Waals surface area contributed by atoms with Gasteiger partial charge in [-0.3, -0.25) is 0 Å². The van der Waals surface area contributed by atoms with Crippen LogP contribution in [0.2, 0.25) is 5.15 Å². The zero-order valence-electron chi connectivity index (χ0n) is 13.8. The molecule has 21 heavy (non-hydrogen) atoms. The molecule has 1 saturated carbocycles. The lowest BCUT2D eigenvalue weighted by Crippen LogP contribution is -2.52. The molecule has 0 aliphatic heterocycles. The van der Waals surface area contributed by atoms with Crippen molar-refractivity contribution in [1.29, 1.82) is 0 Å². The van der Waals surface area contributed by atoms with E-state index in [1.807, 2.05) is 13.8 Å². The van der Waals surface area contributed by atoms with Crippen molar-refractivity contribution < 1.29 is 0 Å². The van der Waals surface area contributed by atoms with Crippen LogP contribution in [0.4, 0.5) is 5.82 Å². The molecule has 1 aliphatic rings. The van der Waals surface area contributed by atoms with E-state index in [1.165, 1.54) is 25.7 Å². The first-order valence-corrected chi connectivity index (χ1v) is 8.14. The molecule has 1 fully saturated rings. The van der Waals surface area contributed by atoms with Crippen LogP contribution in [0.5, 0.6) is 0 Å². The van der Waals surface area contributed by atoms with Crippen LogP contribution in [0.3, 0.4) is 0 Å². The third-order valence-electron chi connectivity index (χ3n) is 5.07. The summed E-state index contributed by atoms with van der Waals surface area (Å²) in [5.41, 5.74) is 2.30. The van der Waals surface area contributed by atoms with E-state index in [1.54, 1.807) is 0 Å². The Morgan fingerprint density at radius 3 is 2.62 bits per heavy atom. The summed E-state index contributed by atoms with van der Waals surface area (Å²) in [5.74, 6) is 1.64. The highest BCUT2D eigenvalue weighted by Crippen LogP contribution is 2.36. The van der Waals surface area contributed by atoms with Gasteiger partial charge in [-0.05, 0) is 57.8 Å². The van der Waals surface area contributed by atoms with E-state index in [0.717, 1.165) is 29.4 Å². The summed E-state index contributed by atoms with van der Waals surface area (Å²) >= 11 is 6.02. The fourth-order valence-electron chi connectivity index (χ4n) is 3.35. The molecule has 1 N–H and O–H groups in total. The van der Waals surface area contributed by atoms with E-state index in [2.05, 4.69) is 41.4 Å².